The number of halogens is 4. The lowest BCUT2D eigenvalue weighted by Gasteiger charge is -2.14. The monoisotopic (exact) mass is 443 g/mol. The molecule has 0 bridgehead atoms. The van der Waals surface area contributed by atoms with E-state index in [1.807, 2.05) is 6.92 Å². The van der Waals surface area contributed by atoms with E-state index in [9.17, 15) is 18.0 Å². The number of benzene rings is 1. The minimum atomic E-state index is -4.52. The number of nitrogens with one attached hydrogen (secondary N) is 1. The zero-order valence-electron chi connectivity index (χ0n) is 14.8. The maximum atomic E-state index is 12.5. The van der Waals surface area contributed by atoms with E-state index in [0.29, 0.717) is 10.6 Å². The molecule has 0 spiro atoms. The van der Waals surface area contributed by atoms with E-state index in [2.05, 4.69) is 15.3 Å². The van der Waals surface area contributed by atoms with Crippen molar-refractivity contribution in [2.45, 2.75) is 13.1 Å². The van der Waals surface area contributed by atoms with Gasteiger partial charge < -0.3 is 9.47 Å². The van der Waals surface area contributed by atoms with Gasteiger partial charge >= 0.3 is 12.3 Å². The fraction of sp³-hybridized carbons (Fsp3) is 0.167. The lowest BCUT2D eigenvalue weighted by atomic mass is 10.1. The van der Waals surface area contributed by atoms with Crippen LogP contribution >= 0.6 is 22.9 Å². The van der Waals surface area contributed by atoms with Gasteiger partial charge in [-0.15, -0.1) is 0 Å². The van der Waals surface area contributed by atoms with Gasteiger partial charge in [-0.3, -0.25) is 5.32 Å². The number of anilines is 1. The first-order chi connectivity index (χ1) is 13.7. The van der Waals surface area contributed by atoms with Crippen LogP contribution in [0.3, 0.4) is 0 Å². The zero-order chi connectivity index (χ0) is 21.0. The number of nitrogens with zero attached hydrogens (tertiary/aromatic N) is 2. The largest absolute Gasteiger partial charge is 0.468 e. The van der Waals surface area contributed by atoms with Crippen molar-refractivity contribution in [3.63, 3.8) is 0 Å². The van der Waals surface area contributed by atoms with Crippen LogP contribution in [0.4, 0.5) is 23.7 Å². The van der Waals surface area contributed by atoms with Crippen molar-refractivity contribution in [1.29, 1.82) is 0 Å². The lowest BCUT2D eigenvalue weighted by molar-refractivity contribution is -0.154. The van der Waals surface area contributed by atoms with Gasteiger partial charge in [0.05, 0.1) is 11.9 Å². The van der Waals surface area contributed by atoms with E-state index in [0.717, 1.165) is 4.88 Å². The van der Waals surface area contributed by atoms with Gasteiger partial charge in [0.25, 0.3) is 5.19 Å². The summed E-state index contributed by atoms with van der Waals surface area (Å²) in [6, 6.07) is 7.77. The van der Waals surface area contributed by atoms with Crippen LogP contribution < -0.4 is 14.8 Å². The summed E-state index contributed by atoms with van der Waals surface area (Å²) in [6.45, 7) is 0.309. The number of rotatable bonds is 5. The number of carbonyl (C=O) groups is 1. The summed E-state index contributed by atoms with van der Waals surface area (Å²) in [5.74, 6) is -0.237. The molecule has 0 saturated carbocycles. The first-order valence-electron chi connectivity index (χ1n) is 8.06. The molecule has 0 unspecified atom stereocenters. The molecule has 0 aliphatic heterocycles. The Morgan fingerprint density at radius 2 is 1.93 bits per heavy atom. The summed E-state index contributed by atoms with van der Waals surface area (Å²) in [7, 11) is 0. The fourth-order valence-corrected chi connectivity index (χ4v) is 2.96. The number of ether oxygens (including phenoxy) is 2. The highest BCUT2D eigenvalue weighted by Crippen LogP contribution is 2.32. The Morgan fingerprint density at radius 1 is 1.21 bits per heavy atom. The van der Waals surface area contributed by atoms with Gasteiger partial charge in [-0.2, -0.15) is 13.2 Å². The first-order valence-corrected chi connectivity index (χ1v) is 9.26. The van der Waals surface area contributed by atoms with Gasteiger partial charge in [0.1, 0.15) is 0 Å². The molecule has 0 atom stereocenters. The second kappa shape index (κ2) is 8.66. The minimum Gasteiger partial charge on any atom is -0.468 e. The SMILES string of the molecule is Cc1cnc(OC(=O)Nc2cnc(OCC(F)(F)F)c(-c3ccc(Cl)cc3)c2)s1. The molecule has 0 aliphatic rings. The van der Waals surface area contributed by atoms with Crippen molar-refractivity contribution >= 4 is 34.7 Å². The minimum absolute atomic E-state index is 0.163. The zero-order valence-corrected chi connectivity index (χ0v) is 16.4. The normalized spacial score (nSPS) is 11.2. The molecule has 11 heteroatoms. The van der Waals surface area contributed by atoms with Gasteiger partial charge in [-0.25, -0.2) is 14.8 Å². The summed E-state index contributed by atoms with van der Waals surface area (Å²) >= 11 is 7.06. The number of amides is 1. The predicted molar refractivity (Wildman–Crippen MR) is 103 cm³/mol. The Labute approximate surface area is 172 Å². The van der Waals surface area contributed by atoms with E-state index in [1.165, 1.54) is 23.6 Å². The number of pyridine rings is 1. The van der Waals surface area contributed by atoms with Crippen molar-refractivity contribution in [3.05, 3.63) is 52.6 Å². The average molecular weight is 444 g/mol. The average Bonchev–Trinajstić information content (AvgIpc) is 3.05. The summed E-state index contributed by atoms with van der Waals surface area (Å²) < 4.78 is 47.5. The molecule has 2 heterocycles. The molecule has 1 aromatic carbocycles. The fourth-order valence-electron chi connectivity index (χ4n) is 2.23. The van der Waals surface area contributed by atoms with Crippen molar-refractivity contribution < 1.29 is 27.4 Å². The second-order valence-corrected chi connectivity index (χ2v) is 7.37. The topological polar surface area (TPSA) is 73.3 Å². The van der Waals surface area contributed by atoms with Gasteiger partial charge in [0, 0.05) is 21.7 Å². The number of aryl methyl sites for hydroxylation is 1. The van der Waals surface area contributed by atoms with E-state index in [1.54, 1.807) is 30.5 Å². The van der Waals surface area contributed by atoms with Crippen molar-refractivity contribution in [1.82, 2.24) is 9.97 Å². The molecule has 1 amide bonds. The van der Waals surface area contributed by atoms with Gasteiger partial charge in [-0.05, 0) is 30.7 Å². The maximum absolute atomic E-state index is 12.5. The Morgan fingerprint density at radius 3 is 2.55 bits per heavy atom. The van der Waals surface area contributed by atoms with Gasteiger partial charge in [0.2, 0.25) is 5.88 Å². The first kappa shape index (κ1) is 20.9. The maximum Gasteiger partial charge on any atom is 0.422 e. The highest BCUT2D eigenvalue weighted by molar-refractivity contribution is 7.13. The molecule has 6 nitrogen and oxygen atoms in total. The quantitative estimate of drug-likeness (QED) is 0.546. The van der Waals surface area contributed by atoms with Crippen LogP contribution in [0, 0.1) is 6.92 Å². The summed E-state index contributed by atoms with van der Waals surface area (Å²) in [4.78, 5) is 20.7. The van der Waals surface area contributed by atoms with Gasteiger partial charge in [-0.1, -0.05) is 35.1 Å². The van der Waals surface area contributed by atoms with Crippen LogP contribution in [-0.2, 0) is 0 Å². The van der Waals surface area contributed by atoms with E-state index >= 15 is 0 Å². The molecule has 152 valence electrons. The molecular weight excluding hydrogens is 431 g/mol. The third-order valence-electron chi connectivity index (χ3n) is 3.41. The Balaban J connectivity index is 1.84. The predicted octanol–water partition coefficient (Wildman–Crippen LogP) is 5.72. The number of alkyl halides is 3. The lowest BCUT2D eigenvalue weighted by Crippen LogP contribution is -2.20. The van der Waals surface area contributed by atoms with E-state index in [-0.39, 0.29) is 22.3 Å². The smallest absolute Gasteiger partial charge is 0.422 e. The molecule has 0 aliphatic carbocycles. The second-order valence-electron chi connectivity index (χ2n) is 5.74. The highest BCUT2D eigenvalue weighted by Gasteiger charge is 2.29. The third kappa shape index (κ3) is 6.06. The van der Waals surface area contributed by atoms with Crippen LogP contribution in [0.25, 0.3) is 11.1 Å². The molecular formula is C18H13ClF3N3O3S. The summed E-state index contributed by atoms with van der Waals surface area (Å²) in [5, 5.41) is 3.08. The molecule has 1 N–H and O–H groups in total. The molecule has 3 rings (SSSR count). The summed E-state index contributed by atoms with van der Waals surface area (Å²) in [6.07, 6.45) is -2.61. The Bertz CT molecular complexity index is 1010. The van der Waals surface area contributed by atoms with Crippen molar-refractivity contribution in [3.8, 4) is 22.2 Å². The molecule has 0 fully saturated rings. The van der Waals surface area contributed by atoms with E-state index in [4.69, 9.17) is 21.1 Å². The van der Waals surface area contributed by atoms with Gasteiger partial charge in [0.15, 0.2) is 6.61 Å². The van der Waals surface area contributed by atoms with Crippen LogP contribution in [-0.4, -0.2) is 28.8 Å². The number of hydrogen-bond donors (Lipinski definition) is 1. The molecule has 0 radical (unpaired) electrons. The van der Waals surface area contributed by atoms with Crippen molar-refractivity contribution in [2.75, 3.05) is 11.9 Å². The standard InChI is InChI=1S/C18H13ClF3N3O3S/c1-10-7-24-17(29-10)28-16(26)25-13-6-14(11-2-4-12(19)5-3-11)15(23-8-13)27-9-18(20,21)22/h2-8H,9H2,1H3,(H,25,26). The number of aromatic nitrogens is 2. The van der Waals surface area contributed by atoms with E-state index < -0.39 is 18.9 Å². The highest BCUT2D eigenvalue weighted by atomic mass is 35.5. The Hall–Kier alpha value is -2.85. The van der Waals surface area contributed by atoms with Crippen LogP contribution in [0.15, 0.2) is 42.7 Å². The summed E-state index contributed by atoms with van der Waals surface area (Å²) in [5.41, 5.74) is 0.952. The molecule has 0 saturated heterocycles. The molecule has 29 heavy (non-hydrogen) atoms. The number of carbonyl (C=O) groups excluding carboxylic acids is 1. The molecule has 3 aromatic rings. The number of hydrogen-bond acceptors (Lipinski definition) is 6. The van der Waals surface area contributed by atoms with Crippen LogP contribution in [0.2, 0.25) is 5.02 Å². The Kier molecular flexibility index (Phi) is 6.23. The van der Waals surface area contributed by atoms with Crippen LogP contribution in [0.5, 0.6) is 11.1 Å². The van der Waals surface area contributed by atoms with Crippen molar-refractivity contribution in [2.24, 2.45) is 0 Å². The number of thiazole rings is 1. The third-order valence-corrected chi connectivity index (χ3v) is 4.45. The molecule has 2 aromatic heterocycles. The van der Waals surface area contributed by atoms with Crippen LogP contribution in [0.1, 0.15) is 4.88 Å².